The fourth-order valence-corrected chi connectivity index (χ4v) is 2.57. The molecule has 1 atom stereocenters. The third kappa shape index (κ3) is 3.11. The number of hydrogen-bond donors (Lipinski definition) is 0. The van der Waals surface area contributed by atoms with Crippen molar-refractivity contribution in [2.24, 2.45) is 5.92 Å². The summed E-state index contributed by atoms with van der Waals surface area (Å²) in [6.45, 7) is 4.58. The molecule has 0 spiro atoms. The summed E-state index contributed by atoms with van der Waals surface area (Å²) in [5, 5.41) is 0. The lowest BCUT2D eigenvalue weighted by molar-refractivity contribution is -0.133. The van der Waals surface area contributed by atoms with E-state index in [-0.39, 0.29) is 24.0 Å². The highest BCUT2D eigenvalue weighted by molar-refractivity contribution is 7.80. The molecule has 1 aliphatic rings. The summed E-state index contributed by atoms with van der Waals surface area (Å²) in [6, 6.07) is 0. The van der Waals surface area contributed by atoms with Crippen LogP contribution in [0.1, 0.15) is 46.0 Å². The minimum absolute atomic E-state index is 0.0207. The van der Waals surface area contributed by atoms with Gasteiger partial charge in [0, 0.05) is 18.9 Å². The highest BCUT2D eigenvalue weighted by atomic mass is 32.1. The van der Waals surface area contributed by atoms with Crippen LogP contribution in [0.5, 0.6) is 0 Å². The topological polar surface area (TPSA) is 37.4 Å². The van der Waals surface area contributed by atoms with Crippen LogP contribution in [0.3, 0.4) is 0 Å². The Balaban J connectivity index is 2.84. The number of carbonyl (C=O) groups is 2. The van der Waals surface area contributed by atoms with E-state index < -0.39 is 0 Å². The van der Waals surface area contributed by atoms with E-state index in [1.165, 1.54) is 0 Å². The second kappa shape index (κ2) is 6.09. The molecule has 0 N–H and O–H groups in total. The predicted molar refractivity (Wildman–Crippen MR) is 67.2 cm³/mol. The molecule has 1 saturated heterocycles. The zero-order valence-corrected chi connectivity index (χ0v) is 10.8. The van der Waals surface area contributed by atoms with Crippen molar-refractivity contribution in [1.82, 2.24) is 4.90 Å². The van der Waals surface area contributed by atoms with Crippen LogP contribution in [0.25, 0.3) is 0 Å². The maximum absolute atomic E-state index is 11.8. The van der Waals surface area contributed by atoms with E-state index in [2.05, 4.69) is 6.92 Å². The molecule has 1 amide bonds. The number of thiocarbonyl (C=S) groups is 1. The molecule has 1 heterocycles. The van der Waals surface area contributed by atoms with Gasteiger partial charge in [-0.15, -0.1) is 0 Å². The van der Waals surface area contributed by atoms with E-state index in [4.69, 9.17) is 12.2 Å². The predicted octanol–water partition coefficient (Wildman–Crippen LogP) is 2.33. The van der Waals surface area contributed by atoms with Crippen molar-refractivity contribution < 1.29 is 9.59 Å². The summed E-state index contributed by atoms with van der Waals surface area (Å²) < 4.78 is 0. The monoisotopic (exact) mass is 241 g/mol. The van der Waals surface area contributed by atoms with Gasteiger partial charge in [0.05, 0.1) is 11.4 Å². The molecule has 1 fully saturated rings. The van der Waals surface area contributed by atoms with E-state index in [0.717, 1.165) is 24.3 Å². The third-order valence-electron chi connectivity index (χ3n) is 2.99. The first kappa shape index (κ1) is 13.3. The fourth-order valence-electron chi connectivity index (χ4n) is 2.10. The lowest BCUT2D eigenvalue weighted by Crippen LogP contribution is -2.42. The Kier molecular flexibility index (Phi) is 5.06. The van der Waals surface area contributed by atoms with Gasteiger partial charge in [-0.1, -0.05) is 25.6 Å². The number of Topliss-reactive ketones (excluding diaryl/α,β-unsaturated/α-hetero) is 1. The average Bonchev–Trinajstić information content (AvgIpc) is 2.23. The second-order valence-electron chi connectivity index (χ2n) is 4.22. The number of likely N-dealkylation sites (tertiary alicyclic amines) is 1. The van der Waals surface area contributed by atoms with Gasteiger partial charge >= 0.3 is 0 Å². The maximum Gasteiger partial charge on any atom is 0.234 e. The molecular formula is C12H19NO2S. The van der Waals surface area contributed by atoms with Gasteiger partial charge in [0.15, 0.2) is 0 Å². The Bertz CT molecular complexity index is 301. The van der Waals surface area contributed by atoms with Crippen LogP contribution in [0, 0.1) is 5.92 Å². The molecule has 0 aromatic rings. The Hall–Kier alpha value is -0.770. The van der Waals surface area contributed by atoms with Crippen molar-refractivity contribution in [2.45, 2.75) is 46.0 Å². The van der Waals surface area contributed by atoms with Crippen LogP contribution >= 0.6 is 12.2 Å². The Morgan fingerprint density at radius 1 is 1.38 bits per heavy atom. The number of ketones is 1. The maximum atomic E-state index is 11.8. The van der Waals surface area contributed by atoms with Gasteiger partial charge in [-0.2, -0.15) is 0 Å². The fraction of sp³-hybridized carbons (Fsp3) is 0.750. The van der Waals surface area contributed by atoms with Gasteiger partial charge < -0.3 is 4.90 Å². The second-order valence-corrected chi connectivity index (χ2v) is 4.63. The molecule has 4 heteroatoms. The molecule has 1 rings (SSSR count). The van der Waals surface area contributed by atoms with Gasteiger partial charge in [-0.25, -0.2) is 0 Å². The summed E-state index contributed by atoms with van der Waals surface area (Å²) >= 11 is 5.37. The van der Waals surface area contributed by atoms with Gasteiger partial charge in [-0.05, 0) is 19.8 Å². The largest absolute Gasteiger partial charge is 0.306 e. The minimum atomic E-state index is -0.127. The van der Waals surface area contributed by atoms with Crippen LogP contribution in [-0.2, 0) is 9.59 Å². The van der Waals surface area contributed by atoms with E-state index in [1.54, 1.807) is 4.90 Å². The molecule has 3 nitrogen and oxygen atoms in total. The third-order valence-corrected chi connectivity index (χ3v) is 3.54. The van der Waals surface area contributed by atoms with Crippen molar-refractivity contribution in [1.29, 1.82) is 0 Å². The van der Waals surface area contributed by atoms with Crippen LogP contribution in [0.4, 0.5) is 0 Å². The number of carbonyl (C=O) groups excluding carboxylic acids is 2. The molecule has 0 radical (unpaired) electrons. The van der Waals surface area contributed by atoms with Crippen LogP contribution < -0.4 is 0 Å². The summed E-state index contributed by atoms with van der Waals surface area (Å²) in [6.07, 6.45) is 3.32. The Morgan fingerprint density at radius 2 is 2.06 bits per heavy atom. The minimum Gasteiger partial charge on any atom is -0.306 e. The van der Waals surface area contributed by atoms with Gasteiger partial charge in [0.2, 0.25) is 5.91 Å². The first-order valence-electron chi connectivity index (χ1n) is 5.96. The molecule has 1 unspecified atom stereocenters. The number of nitrogens with zero attached hydrogens (tertiary/aromatic N) is 1. The Morgan fingerprint density at radius 3 is 2.62 bits per heavy atom. The first-order chi connectivity index (χ1) is 7.60. The van der Waals surface area contributed by atoms with Crippen molar-refractivity contribution >= 4 is 28.9 Å². The zero-order valence-electron chi connectivity index (χ0n) is 9.99. The highest BCUT2D eigenvalue weighted by Crippen LogP contribution is 2.22. The van der Waals surface area contributed by atoms with Crippen LogP contribution in [0.15, 0.2) is 0 Å². The quantitative estimate of drug-likeness (QED) is 0.562. The van der Waals surface area contributed by atoms with Crippen molar-refractivity contribution in [3.63, 3.8) is 0 Å². The summed E-state index contributed by atoms with van der Waals surface area (Å²) in [7, 11) is 0. The molecule has 0 aromatic carbocycles. The summed E-state index contributed by atoms with van der Waals surface area (Å²) in [5.41, 5.74) is 0. The summed E-state index contributed by atoms with van der Waals surface area (Å²) in [5.74, 6) is 0.138. The molecule has 1 aliphatic heterocycles. The molecule has 0 bridgehead atoms. The van der Waals surface area contributed by atoms with E-state index in [9.17, 15) is 9.59 Å². The average molecular weight is 241 g/mol. The van der Waals surface area contributed by atoms with Gasteiger partial charge in [-0.3, -0.25) is 9.59 Å². The zero-order chi connectivity index (χ0) is 12.1. The van der Waals surface area contributed by atoms with Crippen molar-refractivity contribution in [2.75, 3.05) is 6.54 Å². The number of rotatable bonds is 3. The van der Waals surface area contributed by atoms with Gasteiger partial charge in [0.25, 0.3) is 0 Å². The SMILES string of the molecule is CCCC1CCC(=O)CC(=O)N(CC)C1=S. The molecule has 90 valence electrons. The molecule has 0 aromatic heterocycles. The highest BCUT2D eigenvalue weighted by Gasteiger charge is 2.28. The number of amides is 1. The smallest absolute Gasteiger partial charge is 0.234 e. The van der Waals surface area contributed by atoms with Crippen LogP contribution in [-0.4, -0.2) is 28.1 Å². The standard InChI is InChI=1S/C12H19NO2S/c1-3-5-9-6-7-10(14)8-11(15)13(4-2)12(9)16/h9H,3-8H2,1-2H3. The molecule has 0 aliphatic carbocycles. The molecule has 0 saturated carbocycles. The van der Waals surface area contributed by atoms with Gasteiger partial charge in [0.1, 0.15) is 5.78 Å². The van der Waals surface area contributed by atoms with Crippen molar-refractivity contribution in [3.8, 4) is 0 Å². The first-order valence-corrected chi connectivity index (χ1v) is 6.36. The van der Waals surface area contributed by atoms with E-state index in [1.807, 2.05) is 6.92 Å². The normalized spacial score (nSPS) is 23.2. The molecule has 16 heavy (non-hydrogen) atoms. The molecular weight excluding hydrogens is 222 g/mol. The van der Waals surface area contributed by atoms with Crippen molar-refractivity contribution in [3.05, 3.63) is 0 Å². The lowest BCUT2D eigenvalue weighted by Gasteiger charge is -2.29. The van der Waals surface area contributed by atoms with E-state index >= 15 is 0 Å². The number of hydrogen-bond acceptors (Lipinski definition) is 3. The lowest BCUT2D eigenvalue weighted by atomic mass is 9.93. The van der Waals surface area contributed by atoms with E-state index in [0.29, 0.717) is 13.0 Å². The van der Waals surface area contributed by atoms with Crippen LogP contribution in [0.2, 0.25) is 0 Å². The Labute approximate surface area is 102 Å². The summed E-state index contributed by atoms with van der Waals surface area (Å²) in [4.78, 5) is 25.6.